The van der Waals surface area contributed by atoms with Crippen molar-refractivity contribution < 1.29 is 19.1 Å². The van der Waals surface area contributed by atoms with Crippen LogP contribution in [0.15, 0.2) is 53.7 Å². The zero-order valence-corrected chi connectivity index (χ0v) is 22.8. The fourth-order valence-corrected chi connectivity index (χ4v) is 4.31. The standard InChI is InChI=1S/C27H33N5O4S/c1-16(2)23(29-25(34)19-10-7-9-18(5)13-19)24-30-31-27(32(24)6)37-15-22(33)28-21-12-8-11-20(14-21)26(35)36-17(3)4/h7-14,16-17,23H,15H2,1-6H3,(H,28,33)(H,29,34)/t23-/m0/s1. The maximum atomic E-state index is 12.9. The van der Waals surface area contributed by atoms with Crippen molar-refractivity contribution in [2.45, 2.75) is 51.9 Å². The first kappa shape index (κ1) is 27.9. The van der Waals surface area contributed by atoms with Gasteiger partial charge in [0, 0.05) is 18.3 Å². The monoisotopic (exact) mass is 523 g/mol. The largest absolute Gasteiger partial charge is 0.459 e. The molecule has 0 saturated carbocycles. The van der Waals surface area contributed by atoms with Crippen LogP contribution >= 0.6 is 11.8 Å². The Labute approximate surface area is 221 Å². The van der Waals surface area contributed by atoms with Gasteiger partial charge in [0.1, 0.15) is 0 Å². The highest BCUT2D eigenvalue weighted by molar-refractivity contribution is 7.99. The van der Waals surface area contributed by atoms with Crippen molar-refractivity contribution in [3.63, 3.8) is 0 Å². The highest BCUT2D eigenvalue weighted by Crippen LogP contribution is 2.25. The molecule has 9 nitrogen and oxygen atoms in total. The van der Waals surface area contributed by atoms with E-state index in [2.05, 4.69) is 20.8 Å². The van der Waals surface area contributed by atoms with E-state index in [1.807, 2.05) is 46.0 Å². The van der Waals surface area contributed by atoms with Crippen molar-refractivity contribution in [1.29, 1.82) is 0 Å². The van der Waals surface area contributed by atoms with E-state index in [0.717, 1.165) is 5.56 Å². The molecule has 2 aromatic carbocycles. The lowest BCUT2D eigenvalue weighted by Crippen LogP contribution is -2.33. The number of amides is 2. The van der Waals surface area contributed by atoms with Crippen LogP contribution in [-0.2, 0) is 16.6 Å². The molecule has 1 heterocycles. The van der Waals surface area contributed by atoms with Crippen molar-refractivity contribution in [2.75, 3.05) is 11.1 Å². The lowest BCUT2D eigenvalue weighted by molar-refractivity contribution is -0.113. The van der Waals surface area contributed by atoms with Gasteiger partial charge in [-0.05, 0) is 57.0 Å². The topological polar surface area (TPSA) is 115 Å². The van der Waals surface area contributed by atoms with E-state index < -0.39 is 5.97 Å². The summed E-state index contributed by atoms with van der Waals surface area (Å²) < 4.78 is 7.00. The average molecular weight is 524 g/mol. The fourth-order valence-electron chi connectivity index (χ4n) is 3.60. The smallest absolute Gasteiger partial charge is 0.338 e. The normalized spacial score (nSPS) is 11.9. The first-order valence-electron chi connectivity index (χ1n) is 12.1. The summed E-state index contributed by atoms with van der Waals surface area (Å²) in [7, 11) is 1.81. The molecular formula is C27H33N5O4S. The quantitative estimate of drug-likeness (QED) is 0.296. The molecule has 0 radical (unpaired) electrons. The summed E-state index contributed by atoms with van der Waals surface area (Å²) in [6, 6.07) is 13.7. The molecule has 2 amide bonds. The number of aromatic nitrogens is 3. The number of rotatable bonds is 10. The van der Waals surface area contributed by atoms with Gasteiger partial charge in [0.15, 0.2) is 11.0 Å². The second-order valence-corrected chi connectivity index (χ2v) is 10.3. The number of esters is 1. The lowest BCUT2D eigenvalue weighted by Gasteiger charge is -2.21. The van der Waals surface area contributed by atoms with Gasteiger partial charge in [-0.1, -0.05) is 49.4 Å². The SMILES string of the molecule is Cc1cccc(C(=O)N[C@H](c2nnc(SCC(=O)Nc3cccc(C(=O)OC(C)C)c3)n2C)C(C)C)c1. The van der Waals surface area contributed by atoms with Crippen LogP contribution in [0.4, 0.5) is 5.69 Å². The first-order valence-corrected chi connectivity index (χ1v) is 13.0. The summed E-state index contributed by atoms with van der Waals surface area (Å²) in [6.45, 7) is 9.50. The number of carbonyl (C=O) groups excluding carboxylic acids is 3. The number of carbonyl (C=O) groups is 3. The van der Waals surface area contributed by atoms with Gasteiger partial charge in [-0.25, -0.2) is 4.79 Å². The van der Waals surface area contributed by atoms with Crippen LogP contribution in [0, 0.1) is 12.8 Å². The van der Waals surface area contributed by atoms with Gasteiger partial charge >= 0.3 is 5.97 Å². The van der Waals surface area contributed by atoms with E-state index in [-0.39, 0.29) is 35.6 Å². The highest BCUT2D eigenvalue weighted by Gasteiger charge is 2.25. The maximum absolute atomic E-state index is 12.9. The Balaban J connectivity index is 1.63. The van der Waals surface area contributed by atoms with Gasteiger partial charge in [0.25, 0.3) is 5.91 Å². The van der Waals surface area contributed by atoms with Crippen LogP contribution in [-0.4, -0.2) is 44.4 Å². The molecule has 0 aliphatic carbocycles. The van der Waals surface area contributed by atoms with Crippen molar-refractivity contribution in [3.8, 4) is 0 Å². The summed E-state index contributed by atoms with van der Waals surface area (Å²) in [6.07, 6.45) is -0.232. The van der Waals surface area contributed by atoms with E-state index in [1.54, 1.807) is 48.7 Å². The number of hydrogen-bond acceptors (Lipinski definition) is 7. The van der Waals surface area contributed by atoms with Crippen LogP contribution < -0.4 is 10.6 Å². The van der Waals surface area contributed by atoms with Gasteiger partial charge in [0.2, 0.25) is 5.91 Å². The highest BCUT2D eigenvalue weighted by atomic mass is 32.2. The zero-order valence-electron chi connectivity index (χ0n) is 21.9. The number of ether oxygens (including phenoxy) is 1. The molecule has 0 unspecified atom stereocenters. The number of aryl methyl sites for hydroxylation is 1. The molecule has 3 aromatic rings. The van der Waals surface area contributed by atoms with Crippen molar-refractivity contribution in [1.82, 2.24) is 20.1 Å². The summed E-state index contributed by atoms with van der Waals surface area (Å²) >= 11 is 1.23. The molecule has 0 fully saturated rings. The van der Waals surface area contributed by atoms with E-state index in [4.69, 9.17) is 4.74 Å². The molecular weight excluding hydrogens is 490 g/mol. The second kappa shape index (κ2) is 12.5. The van der Waals surface area contributed by atoms with Gasteiger partial charge in [-0.15, -0.1) is 10.2 Å². The van der Waals surface area contributed by atoms with Gasteiger partial charge in [-0.2, -0.15) is 0 Å². The molecule has 0 spiro atoms. The number of thioether (sulfide) groups is 1. The molecule has 10 heteroatoms. The van der Waals surface area contributed by atoms with E-state index in [1.165, 1.54) is 11.8 Å². The van der Waals surface area contributed by atoms with Crippen molar-refractivity contribution in [2.24, 2.45) is 13.0 Å². The molecule has 196 valence electrons. The summed E-state index contributed by atoms with van der Waals surface area (Å²) in [5.41, 5.74) is 2.46. The number of nitrogens with one attached hydrogen (secondary N) is 2. The maximum Gasteiger partial charge on any atom is 0.338 e. The van der Waals surface area contributed by atoms with Gasteiger partial charge in [-0.3, -0.25) is 9.59 Å². The molecule has 2 N–H and O–H groups in total. The average Bonchev–Trinajstić information content (AvgIpc) is 3.20. The molecule has 3 rings (SSSR count). The lowest BCUT2D eigenvalue weighted by atomic mass is 10.0. The number of anilines is 1. The zero-order chi connectivity index (χ0) is 27.1. The summed E-state index contributed by atoms with van der Waals surface area (Å²) in [5, 5.41) is 15.0. The Kier molecular flexibility index (Phi) is 9.46. The van der Waals surface area contributed by atoms with Crippen LogP contribution in [0.5, 0.6) is 0 Å². The minimum atomic E-state index is -0.443. The number of hydrogen-bond donors (Lipinski definition) is 2. The third-order valence-electron chi connectivity index (χ3n) is 5.44. The second-order valence-electron chi connectivity index (χ2n) is 9.34. The van der Waals surface area contributed by atoms with Crippen molar-refractivity contribution in [3.05, 3.63) is 71.0 Å². The summed E-state index contributed by atoms with van der Waals surface area (Å²) in [5.74, 6) is -0.117. The third-order valence-corrected chi connectivity index (χ3v) is 6.46. The Hall–Kier alpha value is -3.66. The Morgan fingerprint density at radius 1 is 1.00 bits per heavy atom. The van der Waals surface area contributed by atoms with Crippen LogP contribution in [0.3, 0.4) is 0 Å². The third kappa shape index (κ3) is 7.66. The molecule has 0 bridgehead atoms. The molecule has 1 aromatic heterocycles. The van der Waals surface area contributed by atoms with E-state index in [0.29, 0.717) is 27.8 Å². The van der Waals surface area contributed by atoms with Crippen LogP contribution in [0.1, 0.15) is 65.8 Å². The van der Waals surface area contributed by atoms with Gasteiger partial charge in [0.05, 0.1) is 23.5 Å². The van der Waals surface area contributed by atoms with Gasteiger partial charge < -0.3 is 19.9 Å². The predicted molar refractivity (Wildman–Crippen MR) is 144 cm³/mol. The van der Waals surface area contributed by atoms with Crippen molar-refractivity contribution >= 4 is 35.2 Å². The van der Waals surface area contributed by atoms with Crippen LogP contribution in [0.2, 0.25) is 0 Å². The number of benzene rings is 2. The molecule has 1 atom stereocenters. The number of nitrogens with zero attached hydrogens (tertiary/aromatic N) is 3. The van der Waals surface area contributed by atoms with E-state index >= 15 is 0 Å². The predicted octanol–water partition coefficient (Wildman–Crippen LogP) is 4.55. The summed E-state index contributed by atoms with van der Waals surface area (Å²) in [4.78, 5) is 37.6. The fraction of sp³-hybridized carbons (Fsp3) is 0.370. The van der Waals surface area contributed by atoms with E-state index in [9.17, 15) is 14.4 Å². The molecule has 37 heavy (non-hydrogen) atoms. The Morgan fingerprint density at radius 3 is 2.38 bits per heavy atom. The van der Waals surface area contributed by atoms with Crippen LogP contribution in [0.25, 0.3) is 0 Å². The first-order chi connectivity index (χ1) is 17.5. The molecule has 0 saturated heterocycles. The minimum absolute atomic E-state index is 0.0625. The Bertz CT molecular complexity index is 1270. The Morgan fingerprint density at radius 2 is 1.70 bits per heavy atom. The molecule has 0 aliphatic rings. The molecule has 0 aliphatic heterocycles. The minimum Gasteiger partial charge on any atom is -0.459 e.